The molecule has 8 nitrogen and oxygen atoms in total. The molecule has 3 amide bonds. The molecule has 2 N–H and O–H groups in total. The summed E-state index contributed by atoms with van der Waals surface area (Å²) >= 11 is 0. The van der Waals surface area contributed by atoms with Crippen molar-refractivity contribution in [2.75, 3.05) is 13.1 Å². The third kappa shape index (κ3) is 5.42. The number of aryl methyl sites for hydroxylation is 1. The monoisotopic (exact) mass is 425 g/mol. The van der Waals surface area contributed by atoms with Crippen LogP contribution in [0.25, 0.3) is 10.9 Å². The van der Waals surface area contributed by atoms with Crippen molar-refractivity contribution in [3.8, 4) is 0 Å². The second kappa shape index (κ2) is 9.94. The number of benzene rings is 1. The predicted octanol–water partition coefficient (Wildman–Crippen LogP) is 2.41. The van der Waals surface area contributed by atoms with E-state index in [0.717, 1.165) is 25.7 Å². The summed E-state index contributed by atoms with van der Waals surface area (Å²) in [5, 5.41) is 6.72. The first-order valence-electron chi connectivity index (χ1n) is 11.4. The quantitative estimate of drug-likeness (QED) is 0.769. The number of aromatic nitrogens is 2. The number of nitrogens with zero attached hydrogens (tertiary/aromatic N) is 3. The molecule has 166 valence electrons. The lowest BCUT2D eigenvalue weighted by molar-refractivity contribution is -0.132. The molecule has 1 aromatic carbocycles. The van der Waals surface area contributed by atoms with Gasteiger partial charge in [0, 0.05) is 38.1 Å². The number of carbonyl (C=O) groups excluding carboxylic acids is 2. The minimum atomic E-state index is -0.120. The second-order valence-corrected chi connectivity index (χ2v) is 8.62. The van der Waals surface area contributed by atoms with E-state index in [1.165, 1.54) is 30.2 Å². The Morgan fingerprint density at radius 3 is 2.39 bits per heavy atom. The molecule has 0 spiro atoms. The summed E-state index contributed by atoms with van der Waals surface area (Å²) in [5.41, 5.74) is 0.544. The summed E-state index contributed by atoms with van der Waals surface area (Å²) in [6.07, 6.45) is 9.05. The first kappa shape index (κ1) is 21.3. The molecule has 8 heteroatoms. The van der Waals surface area contributed by atoms with Gasteiger partial charge < -0.3 is 15.5 Å². The minimum absolute atomic E-state index is 0.0326. The van der Waals surface area contributed by atoms with Gasteiger partial charge in [0.05, 0.1) is 17.2 Å². The normalized spacial score (nSPS) is 18.1. The maximum Gasteiger partial charge on any atom is 0.315 e. The highest BCUT2D eigenvalue weighted by Gasteiger charge is 2.24. The van der Waals surface area contributed by atoms with Crippen molar-refractivity contribution in [2.45, 2.75) is 70.0 Å². The number of likely N-dealkylation sites (tertiary alicyclic amines) is 1. The number of hydrogen-bond donors (Lipinski definition) is 2. The number of carbonyl (C=O) groups is 2. The number of piperidine rings is 1. The average molecular weight is 426 g/mol. The molecule has 2 aliphatic rings. The number of urea groups is 1. The SMILES string of the molecule is O=C(NC1CCCCC1)NC1CCN(C(=O)CCn2cnc3ccccc3c2=O)CC1. The zero-order valence-electron chi connectivity index (χ0n) is 17.9. The molecule has 1 aliphatic carbocycles. The largest absolute Gasteiger partial charge is 0.342 e. The van der Waals surface area contributed by atoms with Crippen LogP contribution in [-0.4, -0.2) is 51.6 Å². The van der Waals surface area contributed by atoms with Gasteiger partial charge in [-0.15, -0.1) is 0 Å². The van der Waals surface area contributed by atoms with Crippen LogP contribution in [0.5, 0.6) is 0 Å². The van der Waals surface area contributed by atoms with Crippen LogP contribution in [-0.2, 0) is 11.3 Å². The van der Waals surface area contributed by atoms with E-state index in [1.54, 1.807) is 12.1 Å². The highest BCUT2D eigenvalue weighted by Crippen LogP contribution is 2.17. The van der Waals surface area contributed by atoms with Crippen molar-refractivity contribution >= 4 is 22.8 Å². The molecular weight excluding hydrogens is 394 g/mol. The molecule has 1 saturated heterocycles. The lowest BCUT2D eigenvalue weighted by atomic mass is 9.96. The highest BCUT2D eigenvalue weighted by atomic mass is 16.2. The van der Waals surface area contributed by atoms with Gasteiger partial charge in [-0.05, 0) is 37.8 Å². The Balaban J connectivity index is 1.22. The number of nitrogens with one attached hydrogen (secondary N) is 2. The molecule has 4 rings (SSSR count). The number of fused-ring (bicyclic) bond motifs is 1. The van der Waals surface area contributed by atoms with Gasteiger partial charge in [-0.2, -0.15) is 0 Å². The molecule has 2 aromatic rings. The standard InChI is InChI=1S/C23H31N5O3/c29-21(12-15-28-16-24-20-9-5-4-8-19(20)22(28)30)27-13-10-18(11-14-27)26-23(31)25-17-6-2-1-3-7-17/h4-5,8-9,16-18H,1-3,6-7,10-15H2,(H2,25,26,31). The van der Waals surface area contributed by atoms with Crippen molar-refractivity contribution in [2.24, 2.45) is 0 Å². The fraction of sp³-hybridized carbons (Fsp3) is 0.565. The zero-order chi connectivity index (χ0) is 21.6. The van der Waals surface area contributed by atoms with Crippen LogP contribution in [0.2, 0.25) is 0 Å². The van der Waals surface area contributed by atoms with Gasteiger partial charge in [0.2, 0.25) is 5.91 Å². The summed E-state index contributed by atoms with van der Waals surface area (Å²) in [4.78, 5) is 43.6. The maximum atomic E-state index is 12.6. The highest BCUT2D eigenvalue weighted by molar-refractivity contribution is 5.78. The molecule has 0 radical (unpaired) electrons. The molecule has 2 fully saturated rings. The van der Waals surface area contributed by atoms with E-state index < -0.39 is 0 Å². The molecule has 0 bridgehead atoms. The molecular formula is C23H31N5O3. The van der Waals surface area contributed by atoms with Crippen LogP contribution in [0, 0.1) is 0 Å². The summed E-state index contributed by atoms with van der Waals surface area (Å²) in [7, 11) is 0. The smallest absolute Gasteiger partial charge is 0.315 e. The molecule has 0 unspecified atom stereocenters. The number of amides is 3. The predicted molar refractivity (Wildman–Crippen MR) is 119 cm³/mol. The van der Waals surface area contributed by atoms with E-state index in [1.807, 2.05) is 17.0 Å². The Morgan fingerprint density at radius 1 is 0.968 bits per heavy atom. The zero-order valence-corrected chi connectivity index (χ0v) is 17.9. The topological polar surface area (TPSA) is 96.3 Å². The fourth-order valence-corrected chi connectivity index (χ4v) is 4.57. The molecule has 1 aromatic heterocycles. The van der Waals surface area contributed by atoms with Gasteiger partial charge in [0.1, 0.15) is 0 Å². The maximum absolute atomic E-state index is 12.6. The van der Waals surface area contributed by atoms with Gasteiger partial charge in [-0.1, -0.05) is 31.4 Å². The summed E-state index contributed by atoms with van der Waals surface area (Å²) in [6.45, 7) is 1.56. The van der Waals surface area contributed by atoms with Crippen molar-refractivity contribution < 1.29 is 9.59 Å². The first-order chi connectivity index (χ1) is 15.1. The Kier molecular flexibility index (Phi) is 6.84. The van der Waals surface area contributed by atoms with Crippen molar-refractivity contribution in [1.29, 1.82) is 0 Å². The first-order valence-corrected chi connectivity index (χ1v) is 11.4. The lowest BCUT2D eigenvalue weighted by Gasteiger charge is -2.33. The Morgan fingerprint density at radius 2 is 1.65 bits per heavy atom. The van der Waals surface area contributed by atoms with Crippen LogP contribution in [0.15, 0.2) is 35.4 Å². The van der Waals surface area contributed by atoms with E-state index in [4.69, 9.17) is 0 Å². The van der Waals surface area contributed by atoms with Gasteiger partial charge in [-0.25, -0.2) is 9.78 Å². The minimum Gasteiger partial charge on any atom is -0.342 e. The second-order valence-electron chi connectivity index (χ2n) is 8.62. The molecule has 1 aliphatic heterocycles. The van der Waals surface area contributed by atoms with Gasteiger partial charge in [0.15, 0.2) is 0 Å². The Labute approximate surface area is 182 Å². The van der Waals surface area contributed by atoms with Crippen LogP contribution >= 0.6 is 0 Å². The molecule has 2 heterocycles. The fourth-order valence-electron chi connectivity index (χ4n) is 4.57. The lowest BCUT2D eigenvalue weighted by Crippen LogP contribution is -2.51. The Hall–Kier alpha value is -2.90. The van der Waals surface area contributed by atoms with Crippen molar-refractivity contribution in [3.63, 3.8) is 0 Å². The van der Waals surface area contributed by atoms with E-state index in [2.05, 4.69) is 15.6 Å². The van der Waals surface area contributed by atoms with E-state index in [0.29, 0.717) is 36.6 Å². The van der Waals surface area contributed by atoms with E-state index >= 15 is 0 Å². The molecule has 0 atom stereocenters. The molecule has 1 saturated carbocycles. The van der Waals surface area contributed by atoms with Crippen LogP contribution in [0.4, 0.5) is 4.79 Å². The van der Waals surface area contributed by atoms with Gasteiger partial charge in [-0.3, -0.25) is 14.2 Å². The summed E-state index contributed by atoms with van der Waals surface area (Å²) in [6, 6.07) is 7.53. The summed E-state index contributed by atoms with van der Waals surface area (Å²) in [5.74, 6) is 0.0326. The average Bonchev–Trinajstić information content (AvgIpc) is 2.80. The van der Waals surface area contributed by atoms with Gasteiger partial charge in [0.25, 0.3) is 5.56 Å². The van der Waals surface area contributed by atoms with Gasteiger partial charge >= 0.3 is 6.03 Å². The van der Waals surface area contributed by atoms with Crippen LogP contribution < -0.4 is 16.2 Å². The number of para-hydroxylation sites is 1. The van der Waals surface area contributed by atoms with Crippen molar-refractivity contribution in [3.05, 3.63) is 40.9 Å². The van der Waals surface area contributed by atoms with Crippen LogP contribution in [0.3, 0.4) is 0 Å². The van der Waals surface area contributed by atoms with E-state index in [-0.39, 0.29) is 30.0 Å². The van der Waals surface area contributed by atoms with Crippen LogP contribution in [0.1, 0.15) is 51.4 Å². The third-order valence-corrected chi connectivity index (χ3v) is 6.42. The van der Waals surface area contributed by atoms with Crippen molar-refractivity contribution in [1.82, 2.24) is 25.1 Å². The number of hydrogen-bond acceptors (Lipinski definition) is 4. The number of rotatable bonds is 5. The van der Waals surface area contributed by atoms with E-state index in [9.17, 15) is 14.4 Å². The Bertz CT molecular complexity index is 975. The third-order valence-electron chi connectivity index (χ3n) is 6.42. The molecule has 31 heavy (non-hydrogen) atoms. The summed E-state index contributed by atoms with van der Waals surface area (Å²) < 4.78 is 1.50.